The molecule has 1 aromatic rings. The summed E-state index contributed by atoms with van der Waals surface area (Å²) >= 11 is 0. The lowest BCUT2D eigenvalue weighted by Crippen LogP contribution is -2.36. The third-order valence-electron chi connectivity index (χ3n) is 2.45. The van der Waals surface area contributed by atoms with E-state index in [-0.39, 0.29) is 18.9 Å². The van der Waals surface area contributed by atoms with Crippen LogP contribution in [0.25, 0.3) is 0 Å². The van der Waals surface area contributed by atoms with Crippen LogP contribution in [-0.2, 0) is 16.0 Å². The number of nitrogens with one attached hydrogen (secondary N) is 1. The summed E-state index contributed by atoms with van der Waals surface area (Å²) in [6, 6.07) is 7.22. The number of benzene rings is 1. The highest BCUT2D eigenvalue weighted by Gasteiger charge is 2.14. The van der Waals surface area contributed by atoms with Crippen LogP contribution in [-0.4, -0.2) is 34.7 Å². The number of nitrogen functional groups attached to an aromatic ring is 1. The minimum Gasteiger partial charge on any atom is -0.479 e. The van der Waals surface area contributed by atoms with Crippen molar-refractivity contribution in [2.75, 3.05) is 12.3 Å². The van der Waals surface area contributed by atoms with Gasteiger partial charge in [-0.2, -0.15) is 0 Å². The van der Waals surface area contributed by atoms with Gasteiger partial charge < -0.3 is 21.3 Å². The molecule has 1 amide bonds. The molecule has 0 aliphatic rings. The highest BCUT2D eigenvalue weighted by atomic mass is 16.4. The molecule has 0 saturated heterocycles. The Hall–Kier alpha value is -2.08. The zero-order valence-electron chi connectivity index (χ0n) is 9.80. The van der Waals surface area contributed by atoms with E-state index in [4.69, 9.17) is 15.9 Å². The van der Waals surface area contributed by atoms with Crippen LogP contribution in [0.4, 0.5) is 5.69 Å². The fourth-order valence-corrected chi connectivity index (χ4v) is 1.40. The van der Waals surface area contributed by atoms with Crippen molar-refractivity contribution in [1.29, 1.82) is 0 Å². The molecule has 18 heavy (non-hydrogen) atoms. The Labute approximate surface area is 104 Å². The first-order valence-electron chi connectivity index (χ1n) is 5.51. The van der Waals surface area contributed by atoms with Crippen LogP contribution in [0.2, 0.25) is 0 Å². The van der Waals surface area contributed by atoms with Gasteiger partial charge in [-0.25, -0.2) is 4.79 Å². The van der Waals surface area contributed by atoms with Gasteiger partial charge in [0.25, 0.3) is 0 Å². The van der Waals surface area contributed by atoms with Crippen molar-refractivity contribution in [1.82, 2.24) is 5.32 Å². The summed E-state index contributed by atoms with van der Waals surface area (Å²) in [6.07, 6.45) is -0.905. The molecule has 0 fully saturated rings. The number of aryl methyl sites for hydroxylation is 1. The molecule has 0 aromatic heterocycles. The molecule has 5 N–H and O–H groups in total. The fourth-order valence-electron chi connectivity index (χ4n) is 1.40. The smallest absolute Gasteiger partial charge is 0.334 e. The van der Waals surface area contributed by atoms with E-state index >= 15 is 0 Å². The lowest BCUT2D eigenvalue weighted by atomic mass is 10.1. The SMILES string of the molecule is Nc1ccccc1CCC(=O)NCC(O)C(=O)O. The van der Waals surface area contributed by atoms with Gasteiger partial charge in [-0.3, -0.25) is 4.79 Å². The van der Waals surface area contributed by atoms with Crippen molar-refractivity contribution in [2.45, 2.75) is 18.9 Å². The number of carboxylic acids is 1. The van der Waals surface area contributed by atoms with E-state index in [1.807, 2.05) is 18.2 Å². The van der Waals surface area contributed by atoms with Crippen LogP contribution in [0, 0.1) is 0 Å². The number of aliphatic hydroxyl groups is 1. The minimum atomic E-state index is -1.57. The minimum absolute atomic E-state index is 0.195. The first-order chi connectivity index (χ1) is 8.50. The Bertz CT molecular complexity index is 434. The van der Waals surface area contributed by atoms with Gasteiger partial charge in [0.2, 0.25) is 5.91 Å². The molecule has 98 valence electrons. The molecule has 1 aromatic carbocycles. The average Bonchev–Trinajstić information content (AvgIpc) is 2.34. The summed E-state index contributed by atoms with van der Waals surface area (Å²) < 4.78 is 0. The quantitative estimate of drug-likeness (QED) is 0.522. The highest BCUT2D eigenvalue weighted by Crippen LogP contribution is 2.12. The molecule has 0 bridgehead atoms. The number of para-hydroxylation sites is 1. The lowest BCUT2D eigenvalue weighted by Gasteiger charge is -2.08. The number of hydrogen-bond acceptors (Lipinski definition) is 4. The monoisotopic (exact) mass is 252 g/mol. The van der Waals surface area contributed by atoms with E-state index in [0.717, 1.165) is 5.56 Å². The summed E-state index contributed by atoms with van der Waals surface area (Å²) in [5.41, 5.74) is 7.21. The molecule has 0 heterocycles. The van der Waals surface area contributed by atoms with Crippen molar-refractivity contribution >= 4 is 17.6 Å². The number of carbonyl (C=O) groups excluding carboxylic acids is 1. The number of aliphatic hydroxyl groups excluding tert-OH is 1. The molecule has 6 nitrogen and oxygen atoms in total. The Kier molecular flexibility index (Phi) is 5.13. The number of carboxylic acid groups (broad SMARTS) is 1. The number of carbonyl (C=O) groups is 2. The second kappa shape index (κ2) is 6.61. The van der Waals surface area contributed by atoms with Crippen LogP contribution in [0.1, 0.15) is 12.0 Å². The first kappa shape index (κ1) is 14.0. The summed E-state index contributed by atoms with van der Waals surface area (Å²) in [6.45, 7) is -0.293. The third-order valence-corrected chi connectivity index (χ3v) is 2.45. The maximum absolute atomic E-state index is 11.4. The summed E-state index contributed by atoms with van der Waals surface area (Å²) in [4.78, 5) is 21.7. The topological polar surface area (TPSA) is 113 Å². The standard InChI is InChI=1S/C12H16N2O4/c13-9-4-2-1-3-8(9)5-6-11(16)14-7-10(15)12(17)18/h1-4,10,15H,5-7,13H2,(H,14,16)(H,17,18). The molecule has 1 unspecified atom stereocenters. The van der Waals surface area contributed by atoms with Crippen LogP contribution in [0.5, 0.6) is 0 Å². The maximum atomic E-state index is 11.4. The normalized spacial score (nSPS) is 11.8. The maximum Gasteiger partial charge on any atom is 0.334 e. The molecule has 0 aliphatic heterocycles. The number of rotatable bonds is 6. The second-order valence-corrected chi connectivity index (χ2v) is 3.86. The van der Waals surface area contributed by atoms with Gasteiger partial charge in [0.05, 0.1) is 6.54 Å². The predicted octanol–water partition coefficient (Wildman–Crippen LogP) is -0.237. The molecule has 0 aliphatic carbocycles. The van der Waals surface area contributed by atoms with Crippen LogP contribution in [0.15, 0.2) is 24.3 Å². The van der Waals surface area contributed by atoms with Gasteiger partial charge in [0.15, 0.2) is 6.10 Å². The van der Waals surface area contributed by atoms with Crippen molar-refractivity contribution in [2.24, 2.45) is 0 Å². The van der Waals surface area contributed by atoms with Crippen molar-refractivity contribution < 1.29 is 19.8 Å². The predicted molar refractivity (Wildman–Crippen MR) is 65.8 cm³/mol. The molecule has 0 spiro atoms. The molecular weight excluding hydrogens is 236 g/mol. The van der Waals surface area contributed by atoms with E-state index < -0.39 is 12.1 Å². The summed E-state index contributed by atoms with van der Waals surface area (Å²) in [7, 11) is 0. The Morgan fingerprint density at radius 1 is 1.33 bits per heavy atom. The molecule has 0 saturated carbocycles. The number of hydrogen-bond donors (Lipinski definition) is 4. The lowest BCUT2D eigenvalue weighted by molar-refractivity contribution is -0.146. The van der Waals surface area contributed by atoms with Gasteiger partial charge >= 0.3 is 5.97 Å². The van der Waals surface area contributed by atoms with Gasteiger partial charge in [-0.1, -0.05) is 18.2 Å². The molecular formula is C12H16N2O4. The second-order valence-electron chi connectivity index (χ2n) is 3.86. The van der Waals surface area contributed by atoms with Gasteiger partial charge in [0.1, 0.15) is 0 Å². The van der Waals surface area contributed by atoms with Crippen molar-refractivity contribution in [3.8, 4) is 0 Å². The zero-order valence-corrected chi connectivity index (χ0v) is 9.80. The number of nitrogens with two attached hydrogens (primary N) is 1. The van der Waals surface area contributed by atoms with E-state index in [1.165, 1.54) is 0 Å². The fraction of sp³-hybridized carbons (Fsp3) is 0.333. The Morgan fingerprint density at radius 2 is 2.00 bits per heavy atom. The van der Waals surface area contributed by atoms with Crippen LogP contribution in [0.3, 0.4) is 0 Å². The van der Waals surface area contributed by atoms with Crippen LogP contribution < -0.4 is 11.1 Å². The number of aliphatic carboxylic acids is 1. The average molecular weight is 252 g/mol. The van der Waals surface area contributed by atoms with Crippen molar-refractivity contribution in [3.05, 3.63) is 29.8 Å². The molecule has 1 atom stereocenters. The zero-order chi connectivity index (χ0) is 13.5. The largest absolute Gasteiger partial charge is 0.479 e. The van der Waals surface area contributed by atoms with E-state index in [0.29, 0.717) is 12.1 Å². The Balaban J connectivity index is 2.34. The Morgan fingerprint density at radius 3 is 2.61 bits per heavy atom. The third kappa shape index (κ3) is 4.42. The number of amides is 1. The van der Waals surface area contributed by atoms with E-state index in [9.17, 15) is 9.59 Å². The van der Waals surface area contributed by atoms with Gasteiger partial charge in [-0.15, -0.1) is 0 Å². The first-order valence-corrected chi connectivity index (χ1v) is 5.51. The van der Waals surface area contributed by atoms with Crippen molar-refractivity contribution in [3.63, 3.8) is 0 Å². The highest BCUT2D eigenvalue weighted by molar-refractivity contribution is 5.78. The molecule has 1 rings (SSSR count). The van der Waals surface area contributed by atoms with E-state index in [2.05, 4.69) is 5.32 Å². The molecule has 6 heteroatoms. The van der Waals surface area contributed by atoms with Gasteiger partial charge in [-0.05, 0) is 18.1 Å². The van der Waals surface area contributed by atoms with E-state index in [1.54, 1.807) is 6.07 Å². The number of anilines is 1. The van der Waals surface area contributed by atoms with Gasteiger partial charge in [0, 0.05) is 12.1 Å². The molecule has 0 radical (unpaired) electrons. The summed E-state index contributed by atoms with van der Waals surface area (Å²) in [5.74, 6) is -1.68. The summed E-state index contributed by atoms with van der Waals surface area (Å²) in [5, 5.41) is 19.7. The van der Waals surface area contributed by atoms with Crippen LogP contribution >= 0.6 is 0 Å².